The molecule has 0 radical (unpaired) electrons. The van der Waals surface area contributed by atoms with E-state index in [1.165, 1.54) is 13.0 Å². The summed E-state index contributed by atoms with van der Waals surface area (Å²) in [5, 5.41) is 17.8. The van der Waals surface area contributed by atoms with Crippen LogP contribution in [0.1, 0.15) is 12.5 Å². The molecule has 0 saturated carbocycles. The molecule has 21 heavy (non-hydrogen) atoms. The van der Waals surface area contributed by atoms with Crippen LogP contribution in [0, 0.1) is 11.3 Å². The van der Waals surface area contributed by atoms with Gasteiger partial charge in [-0.05, 0) is 19.1 Å². The maximum absolute atomic E-state index is 12.2. The van der Waals surface area contributed by atoms with Gasteiger partial charge in [-0.15, -0.1) is 6.58 Å². The van der Waals surface area contributed by atoms with E-state index in [9.17, 15) is 9.59 Å². The lowest BCUT2D eigenvalue weighted by molar-refractivity contribution is -0.146. The Morgan fingerprint density at radius 1 is 1.52 bits per heavy atom. The Kier molecular flexibility index (Phi) is 5.96. The van der Waals surface area contributed by atoms with Crippen LogP contribution in [0.2, 0.25) is 0 Å². The van der Waals surface area contributed by atoms with Gasteiger partial charge in [-0.3, -0.25) is 9.59 Å². The number of carboxylic acids is 1. The third-order valence-electron chi connectivity index (χ3n) is 2.65. The van der Waals surface area contributed by atoms with Crippen molar-refractivity contribution in [3.05, 3.63) is 42.5 Å². The molecule has 110 valence electrons. The lowest BCUT2D eigenvalue weighted by atomic mass is 10.2. The summed E-state index contributed by atoms with van der Waals surface area (Å²) in [5.41, 5.74) is 0.311. The van der Waals surface area contributed by atoms with Gasteiger partial charge >= 0.3 is 5.97 Å². The molecule has 1 aromatic rings. The first-order valence-electron chi connectivity index (χ1n) is 6.26. The van der Waals surface area contributed by atoms with Gasteiger partial charge in [-0.25, -0.2) is 0 Å². The number of nitrogens with zero attached hydrogens (tertiary/aromatic N) is 2. The molecule has 6 heteroatoms. The molecule has 1 aromatic carbocycles. The number of ether oxygens (including phenoxy) is 1. The van der Waals surface area contributed by atoms with Crippen LogP contribution in [0.15, 0.2) is 36.9 Å². The summed E-state index contributed by atoms with van der Waals surface area (Å²) >= 11 is 0. The molecule has 0 aliphatic carbocycles. The van der Waals surface area contributed by atoms with E-state index < -0.39 is 24.5 Å². The van der Waals surface area contributed by atoms with E-state index in [2.05, 4.69) is 6.58 Å². The molecule has 1 unspecified atom stereocenters. The van der Waals surface area contributed by atoms with Gasteiger partial charge in [-0.2, -0.15) is 5.26 Å². The molecule has 1 rings (SSSR count). The Morgan fingerprint density at radius 2 is 2.19 bits per heavy atom. The maximum atomic E-state index is 12.2. The van der Waals surface area contributed by atoms with E-state index in [-0.39, 0.29) is 12.3 Å². The highest BCUT2D eigenvalue weighted by Crippen LogP contribution is 2.18. The van der Waals surface area contributed by atoms with Gasteiger partial charge in [0, 0.05) is 6.54 Å². The van der Waals surface area contributed by atoms with Gasteiger partial charge in [0.25, 0.3) is 5.91 Å². The molecule has 1 atom stereocenters. The van der Waals surface area contributed by atoms with Crippen molar-refractivity contribution in [2.75, 3.05) is 13.1 Å². The van der Waals surface area contributed by atoms with Crippen molar-refractivity contribution in [3.63, 3.8) is 0 Å². The molecule has 0 aliphatic heterocycles. The Labute approximate surface area is 122 Å². The Bertz CT molecular complexity index is 577. The number of hydrogen-bond acceptors (Lipinski definition) is 4. The van der Waals surface area contributed by atoms with Crippen LogP contribution in [0.4, 0.5) is 0 Å². The molecule has 0 saturated heterocycles. The van der Waals surface area contributed by atoms with Crippen LogP contribution in [-0.2, 0) is 9.59 Å². The first-order chi connectivity index (χ1) is 9.99. The normalized spacial score (nSPS) is 11.0. The van der Waals surface area contributed by atoms with Crippen molar-refractivity contribution in [1.29, 1.82) is 5.26 Å². The van der Waals surface area contributed by atoms with Crippen molar-refractivity contribution in [1.82, 2.24) is 4.90 Å². The summed E-state index contributed by atoms with van der Waals surface area (Å²) in [6.07, 6.45) is 0.537. The molecule has 0 heterocycles. The van der Waals surface area contributed by atoms with Gasteiger partial charge in [0.2, 0.25) is 0 Å². The minimum absolute atomic E-state index is 0.110. The lowest BCUT2D eigenvalue weighted by Crippen LogP contribution is -2.43. The smallest absolute Gasteiger partial charge is 0.323 e. The molecule has 0 aromatic heterocycles. The zero-order valence-electron chi connectivity index (χ0n) is 11.7. The maximum Gasteiger partial charge on any atom is 0.323 e. The third kappa shape index (κ3) is 4.66. The average Bonchev–Trinajstić information content (AvgIpc) is 2.46. The van der Waals surface area contributed by atoms with Gasteiger partial charge in [0.15, 0.2) is 6.10 Å². The van der Waals surface area contributed by atoms with Crippen LogP contribution in [-0.4, -0.2) is 41.1 Å². The lowest BCUT2D eigenvalue weighted by Gasteiger charge is -2.23. The molecule has 0 spiro atoms. The quantitative estimate of drug-likeness (QED) is 0.766. The minimum Gasteiger partial charge on any atom is -0.480 e. The van der Waals surface area contributed by atoms with Crippen molar-refractivity contribution < 1.29 is 19.4 Å². The summed E-state index contributed by atoms with van der Waals surface area (Å²) in [6, 6.07) is 8.50. The minimum atomic E-state index is -1.12. The molecule has 1 amide bonds. The van der Waals surface area contributed by atoms with Crippen molar-refractivity contribution in [2.24, 2.45) is 0 Å². The number of aliphatic carboxylic acids is 1. The van der Waals surface area contributed by atoms with Crippen LogP contribution in [0.3, 0.4) is 0 Å². The SMILES string of the molecule is C=CCN(CC(=O)O)C(=O)C(C)Oc1ccccc1C#N. The van der Waals surface area contributed by atoms with E-state index in [1.807, 2.05) is 6.07 Å². The second kappa shape index (κ2) is 7.70. The van der Waals surface area contributed by atoms with Crippen LogP contribution < -0.4 is 4.74 Å². The van der Waals surface area contributed by atoms with Gasteiger partial charge in [-0.1, -0.05) is 18.2 Å². The van der Waals surface area contributed by atoms with E-state index in [1.54, 1.807) is 24.3 Å². The molecular weight excluding hydrogens is 272 g/mol. The number of para-hydroxylation sites is 1. The van der Waals surface area contributed by atoms with E-state index in [0.717, 1.165) is 4.90 Å². The topological polar surface area (TPSA) is 90.6 Å². The van der Waals surface area contributed by atoms with E-state index in [0.29, 0.717) is 5.56 Å². The summed E-state index contributed by atoms with van der Waals surface area (Å²) in [6.45, 7) is 4.68. The average molecular weight is 288 g/mol. The third-order valence-corrected chi connectivity index (χ3v) is 2.65. The number of benzene rings is 1. The van der Waals surface area contributed by atoms with E-state index >= 15 is 0 Å². The first kappa shape index (κ1) is 16.2. The summed E-state index contributed by atoms with van der Waals surface area (Å²) in [4.78, 5) is 24.1. The monoisotopic (exact) mass is 288 g/mol. The molecular formula is C15H16N2O4. The number of carboxylic acid groups (broad SMARTS) is 1. The fourth-order valence-corrected chi connectivity index (χ4v) is 1.71. The largest absolute Gasteiger partial charge is 0.480 e. The highest BCUT2D eigenvalue weighted by molar-refractivity contribution is 5.84. The number of nitriles is 1. The standard InChI is InChI=1S/C15H16N2O4/c1-3-8-17(10-14(18)19)15(20)11(2)21-13-7-5-4-6-12(13)9-16/h3-7,11H,1,8,10H2,2H3,(H,18,19). The Morgan fingerprint density at radius 3 is 2.76 bits per heavy atom. The van der Waals surface area contributed by atoms with Crippen molar-refractivity contribution in [2.45, 2.75) is 13.0 Å². The second-order valence-electron chi connectivity index (χ2n) is 4.27. The summed E-state index contributed by atoms with van der Waals surface area (Å²) in [5.74, 6) is -1.31. The van der Waals surface area contributed by atoms with E-state index in [4.69, 9.17) is 15.1 Å². The highest BCUT2D eigenvalue weighted by atomic mass is 16.5. The number of carbonyl (C=O) groups is 2. The molecule has 1 N–H and O–H groups in total. The van der Waals surface area contributed by atoms with Crippen molar-refractivity contribution >= 4 is 11.9 Å². The predicted octanol–water partition coefficient (Wildman–Crippen LogP) is 1.42. The molecule has 0 fully saturated rings. The molecule has 0 bridgehead atoms. The predicted molar refractivity (Wildman–Crippen MR) is 75.7 cm³/mol. The van der Waals surface area contributed by atoms with Gasteiger partial charge in [0.1, 0.15) is 18.4 Å². The second-order valence-corrected chi connectivity index (χ2v) is 4.27. The number of rotatable bonds is 7. The van der Waals surface area contributed by atoms with Crippen LogP contribution >= 0.6 is 0 Å². The Balaban J connectivity index is 2.83. The number of amides is 1. The summed E-state index contributed by atoms with van der Waals surface area (Å²) in [7, 11) is 0. The zero-order chi connectivity index (χ0) is 15.8. The fourth-order valence-electron chi connectivity index (χ4n) is 1.71. The van der Waals surface area contributed by atoms with Crippen LogP contribution in [0.25, 0.3) is 0 Å². The van der Waals surface area contributed by atoms with Gasteiger partial charge < -0.3 is 14.7 Å². The molecule has 0 aliphatic rings. The van der Waals surface area contributed by atoms with Crippen molar-refractivity contribution in [3.8, 4) is 11.8 Å². The fraction of sp³-hybridized carbons (Fsp3) is 0.267. The summed E-state index contributed by atoms with van der Waals surface area (Å²) < 4.78 is 5.47. The number of carbonyl (C=O) groups excluding carboxylic acids is 1. The highest BCUT2D eigenvalue weighted by Gasteiger charge is 2.23. The first-order valence-corrected chi connectivity index (χ1v) is 6.26. The van der Waals surface area contributed by atoms with Crippen LogP contribution in [0.5, 0.6) is 5.75 Å². The molecule has 6 nitrogen and oxygen atoms in total. The Hall–Kier alpha value is -2.81. The van der Waals surface area contributed by atoms with Gasteiger partial charge in [0.05, 0.1) is 5.56 Å². The number of hydrogen-bond donors (Lipinski definition) is 1. The zero-order valence-corrected chi connectivity index (χ0v) is 11.7.